The lowest BCUT2D eigenvalue weighted by atomic mass is 10.2. The number of H-pyrrole nitrogens is 1. The molecule has 18 heavy (non-hydrogen) atoms. The normalized spacial score (nSPS) is 19.2. The van der Waals surface area contributed by atoms with Crippen molar-refractivity contribution in [1.29, 1.82) is 0 Å². The molecule has 3 heterocycles. The minimum absolute atomic E-state index is 0.237. The van der Waals surface area contributed by atoms with Crippen LogP contribution in [0.15, 0.2) is 6.33 Å². The first-order valence-corrected chi connectivity index (χ1v) is 6.16. The fourth-order valence-corrected chi connectivity index (χ4v) is 2.30. The number of aromatic amines is 1. The van der Waals surface area contributed by atoms with Crippen LogP contribution in [0.25, 0.3) is 11.2 Å². The molecule has 2 aromatic rings. The fraction of sp³-hybridized carbons (Fsp3) is 0.545. The van der Waals surface area contributed by atoms with E-state index in [1.54, 1.807) is 0 Å². The third-order valence-electron chi connectivity index (χ3n) is 3.43. The summed E-state index contributed by atoms with van der Waals surface area (Å²) in [6.45, 7) is 6.24. The average Bonchev–Trinajstić information content (AvgIpc) is 2.84. The summed E-state index contributed by atoms with van der Waals surface area (Å²) in [5.41, 5.74) is 7.17. The Bertz CT molecular complexity index is 543. The zero-order valence-electron chi connectivity index (χ0n) is 10.3. The van der Waals surface area contributed by atoms with E-state index in [2.05, 4.69) is 37.1 Å². The van der Waals surface area contributed by atoms with Crippen LogP contribution in [0, 0.1) is 0 Å². The van der Waals surface area contributed by atoms with E-state index in [0.29, 0.717) is 11.5 Å². The van der Waals surface area contributed by atoms with Crippen molar-refractivity contribution < 1.29 is 0 Å². The number of anilines is 1. The van der Waals surface area contributed by atoms with Crippen molar-refractivity contribution in [3.05, 3.63) is 12.2 Å². The second-order valence-electron chi connectivity index (χ2n) is 4.54. The van der Waals surface area contributed by atoms with E-state index in [1.807, 2.05) is 0 Å². The van der Waals surface area contributed by atoms with Gasteiger partial charge in [0.1, 0.15) is 17.7 Å². The standard InChI is InChI=1S/C11H17N7/c1-7(18-4-2-13-3-5-18)10-16-8-9(12)14-6-15-11(8)17-10/h6-7,13H,2-5H2,1H3,(H3,12,14,15,16,17). The molecule has 1 saturated heterocycles. The fourth-order valence-electron chi connectivity index (χ4n) is 2.30. The maximum atomic E-state index is 5.80. The Morgan fingerprint density at radius 1 is 1.33 bits per heavy atom. The Labute approximate surface area is 105 Å². The minimum atomic E-state index is 0.237. The first kappa shape index (κ1) is 11.4. The third-order valence-corrected chi connectivity index (χ3v) is 3.43. The van der Waals surface area contributed by atoms with Gasteiger partial charge in [-0.05, 0) is 6.92 Å². The molecule has 0 radical (unpaired) electrons. The number of hydrogen-bond acceptors (Lipinski definition) is 6. The van der Waals surface area contributed by atoms with E-state index in [-0.39, 0.29) is 6.04 Å². The molecule has 1 aliphatic heterocycles. The van der Waals surface area contributed by atoms with E-state index >= 15 is 0 Å². The van der Waals surface area contributed by atoms with Gasteiger partial charge in [-0.1, -0.05) is 0 Å². The number of nitrogens with zero attached hydrogens (tertiary/aromatic N) is 4. The van der Waals surface area contributed by atoms with Crippen molar-refractivity contribution in [2.45, 2.75) is 13.0 Å². The van der Waals surface area contributed by atoms with Crippen molar-refractivity contribution >= 4 is 17.0 Å². The van der Waals surface area contributed by atoms with Gasteiger partial charge in [0.2, 0.25) is 0 Å². The molecule has 3 rings (SSSR count). The summed E-state index contributed by atoms with van der Waals surface area (Å²) in [7, 11) is 0. The molecule has 0 aromatic carbocycles. The van der Waals surface area contributed by atoms with Gasteiger partial charge < -0.3 is 16.0 Å². The largest absolute Gasteiger partial charge is 0.382 e. The van der Waals surface area contributed by atoms with Crippen molar-refractivity contribution in [1.82, 2.24) is 30.2 Å². The van der Waals surface area contributed by atoms with Crippen molar-refractivity contribution in [3.63, 3.8) is 0 Å². The lowest BCUT2D eigenvalue weighted by Crippen LogP contribution is -2.44. The molecular formula is C11H17N7. The molecule has 7 heteroatoms. The van der Waals surface area contributed by atoms with Gasteiger partial charge in [0.15, 0.2) is 11.5 Å². The van der Waals surface area contributed by atoms with Gasteiger partial charge in [0.25, 0.3) is 0 Å². The minimum Gasteiger partial charge on any atom is -0.382 e. The maximum absolute atomic E-state index is 5.80. The summed E-state index contributed by atoms with van der Waals surface area (Å²) >= 11 is 0. The van der Waals surface area contributed by atoms with Gasteiger partial charge in [-0.2, -0.15) is 0 Å². The summed E-state index contributed by atoms with van der Waals surface area (Å²) in [6, 6.07) is 0.237. The summed E-state index contributed by atoms with van der Waals surface area (Å²) in [4.78, 5) is 18.2. The second-order valence-corrected chi connectivity index (χ2v) is 4.54. The number of nitrogens with two attached hydrogens (primary N) is 1. The number of rotatable bonds is 2. The van der Waals surface area contributed by atoms with Crippen LogP contribution in [0.1, 0.15) is 18.8 Å². The van der Waals surface area contributed by atoms with Gasteiger partial charge in [-0.3, -0.25) is 4.90 Å². The molecule has 1 aliphatic rings. The van der Waals surface area contributed by atoms with E-state index in [0.717, 1.165) is 37.5 Å². The highest BCUT2D eigenvalue weighted by Crippen LogP contribution is 2.21. The van der Waals surface area contributed by atoms with E-state index < -0.39 is 0 Å². The SMILES string of the molecule is CC(c1nc2ncnc(N)c2[nH]1)N1CCNCC1. The summed E-state index contributed by atoms with van der Waals surface area (Å²) in [6.07, 6.45) is 1.44. The first-order chi connectivity index (χ1) is 8.75. The molecule has 0 spiro atoms. The number of fused-ring (bicyclic) bond motifs is 1. The van der Waals surface area contributed by atoms with Gasteiger partial charge in [-0.15, -0.1) is 0 Å². The molecule has 0 saturated carbocycles. The molecule has 2 aromatic heterocycles. The summed E-state index contributed by atoms with van der Waals surface area (Å²) in [5, 5.41) is 3.34. The van der Waals surface area contributed by atoms with Crippen LogP contribution in [-0.2, 0) is 0 Å². The van der Waals surface area contributed by atoms with Crippen LogP contribution in [0.2, 0.25) is 0 Å². The van der Waals surface area contributed by atoms with Gasteiger partial charge in [-0.25, -0.2) is 15.0 Å². The monoisotopic (exact) mass is 247 g/mol. The molecule has 1 atom stereocenters. The Morgan fingerprint density at radius 3 is 2.83 bits per heavy atom. The quantitative estimate of drug-likeness (QED) is 0.686. The van der Waals surface area contributed by atoms with E-state index in [4.69, 9.17) is 5.73 Å². The van der Waals surface area contributed by atoms with Gasteiger partial charge >= 0.3 is 0 Å². The lowest BCUT2D eigenvalue weighted by molar-refractivity contribution is 0.180. The highest BCUT2D eigenvalue weighted by atomic mass is 15.2. The van der Waals surface area contributed by atoms with E-state index in [9.17, 15) is 0 Å². The highest BCUT2D eigenvalue weighted by Gasteiger charge is 2.21. The third kappa shape index (κ3) is 1.91. The number of nitrogen functional groups attached to an aromatic ring is 1. The van der Waals surface area contributed by atoms with Crippen LogP contribution >= 0.6 is 0 Å². The Morgan fingerprint density at radius 2 is 2.11 bits per heavy atom. The van der Waals surface area contributed by atoms with Crippen molar-refractivity contribution in [2.24, 2.45) is 0 Å². The van der Waals surface area contributed by atoms with Crippen LogP contribution in [0.5, 0.6) is 0 Å². The topological polar surface area (TPSA) is 95.7 Å². The smallest absolute Gasteiger partial charge is 0.183 e. The molecule has 0 aliphatic carbocycles. The summed E-state index contributed by atoms with van der Waals surface area (Å²) in [5.74, 6) is 1.35. The Kier molecular flexibility index (Phi) is 2.85. The van der Waals surface area contributed by atoms with Crippen LogP contribution in [0.4, 0.5) is 5.82 Å². The van der Waals surface area contributed by atoms with Crippen LogP contribution in [-0.4, -0.2) is 51.0 Å². The molecule has 96 valence electrons. The van der Waals surface area contributed by atoms with Crippen molar-refractivity contribution in [2.75, 3.05) is 31.9 Å². The van der Waals surface area contributed by atoms with Crippen molar-refractivity contribution in [3.8, 4) is 0 Å². The highest BCUT2D eigenvalue weighted by molar-refractivity contribution is 5.81. The molecule has 1 fully saturated rings. The molecule has 4 N–H and O–H groups in total. The molecular weight excluding hydrogens is 230 g/mol. The molecule has 0 bridgehead atoms. The molecule has 0 amide bonds. The number of hydrogen-bond donors (Lipinski definition) is 3. The van der Waals surface area contributed by atoms with Crippen LogP contribution in [0.3, 0.4) is 0 Å². The Balaban J connectivity index is 1.91. The van der Waals surface area contributed by atoms with Gasteiger partial charge in [0, 0.05) is 26.2 Å². The Hall–Kier alpha value is -1.73. The maximum Gasteiger partial charge on any atom is 0.183 e. The predicted octanol–water partition coefficient (Wildman–Crippen LogP) is -0.0987. The number of imidazole rings is 1. The van der Waals surface area contributed by atoms with Crippen LogP contribution < -0.4 is 11.1 Å². The first-order valence-electron chi connectivity index (χ1n) is 6.16. The molecule has 7 nitrogen and oxygen atoms in total. The zero-order chi connectivity index (χ0) is 12.5. The molecule has 1 unspecified atom stereocenters. The second kappa shape index (κ2) is 4.51. The van der Waals surface area contributed by atoms with Gasteiger partial charge in [0.05, 0.1) is 6.04 Å². The van der Waals surface area contributed by atoms with E-state index in [1.165, 1.54) is 6.33 Å². The average molecular weight is 247 g/mol. The zero-order valence-corrected chi connectivity index (χ0v) is 10.3. The lowest BCUT2D eigenvalue weighted by Gasteiger charge is -2.31. The number of piperazine rings is 1. The summed E-state index contributed by atoms with van der Waals surface area (Å²) < 4.78 is 0. The number of aromatic nitrogens is 4. The number of nitrogens with one attached hydrogen (secondary N) is 2. The predicted molar refractivity (Wildman–Crippen MR) is 69.0 cm³/mol.